The zero-order chi connectivity index (χ0) is 14.8. The van der Waals surface area contributed by atoms with Gasteiger partial charge in [0, 0.05) is 42.2 Å². The maximum absolute atomic E-state index is 12.2. The molecular weight excluding hydrogens is 296 g/mol. The highest BCUT2D eigenvalue weighted by Gasteiger charge is 2.17. The van der Waals surface area contributed by atoms with Crippen molar-refractivity contribution in [1.82, 2.24) is 15.1 Å². The highest BCUT2D eigenvalue weighted by Crippen LogP contribution is 2.21. The maximum atomic E-state index is 12.2. The first kappa shape index (κ1) is 15.0. The Kier molecular flexibility index (Phi) is 4.46. The lowest BCUT2D eigenvalue weighted by Gasteiger charge is -2.05. The monoisotopic (exact) mass is 314 g/mol. The first-order chi connectivity index (χ1) is 9.37. The molecule has 0 aliphatic heterocycles. The van der Waals surface area contributed by atoms with Crippen LogP contribution < -0.4 is 10.0 Å². The lowest BCUT2D eigenvalue weighted by Crippen LogP contribution is -2.21. The quantitative estimate of drug-likeness (QED) is 0.852. The van der Waals surface area contributed by atoms with Crippen LogP contribution in [-0.2, 0) is 23.6 Å². The molecule has 0 aliphatic rings. The van der Waals surface area contributed by atoms with Gasteiger partial charge in [-0.05, 0) is 6.07 Å². The number of hydrogen-bond acceptors (Lipinski definition) is 5. The molecule has 8 heteroatoms. The number of aromatic nitrogens is 2. The summed E-state index contributed by atoms with van der Waals surface area (Å²) in [7, 11) is -1.83. The molecule has 0 unspecified atom stereocenters. The minimum absolute atomic E-state index is 0.272. The van der Waals surface area contributed by atoms with Crippen molar-refractivity contribution in [3.8, 4) is 0 Å². The molecule has 0 fully saturated rings. The van der Waals surface area contributed by atoms with Crippen LogP contribution in [0.25, 0.3) is 0 Å². The Morgan fingerprint density at radius 3 is 2.80 bits per heavy atom. The molecule has 0 saturated heterocycles. The summed E-state index contributed by atoms with van der Waals surface area (Å²) in [6.45, 7) is 4.77. The van der Waals surface area contributed by atoms with E-state index in [1.807, 2.05) is 13.8 Å². The van der Waals surface area contributed by atoms with Crippen LogP contribution in [0.5, 0.6) is 0 Å². The van der Waals surface area contributed by atoms with Gasteiger partial charge in [0.2, 0.25) is 0 Å². The molecule has 0 aromatic carbocycles. The van der Waals surface area contributed by atoms with E-state index in [0.717, 1.165) is 4.88 Å². The van der Waals surface area contributed by atoms with Gasteiger partial charge < -0.3 is 5.32 Å². The molecule has 2 aromatic rings. The topological polar surface area (TPSA) is 76.0 Å². The summed E-state index contributed by atoms with van der Waals surface area (Å²) in [5.74, 6) is 0.320. The molecule has 0 atom stereocenters. The predicted molar refractivity (Wildman–Crippen MR) is 80.3 cm³/mol. The molecule has 0 bridgehead atoms. The minimum Gasteiger partial charge on any atom is -0.310 e. The third-order valence-electron chi connectivity index (χ3n) is 2.58. The summed E-state index contributed by atoms with van der Waals surface area (Å²) in [6, 6.07) is 3.67. The molecule has 0 spiro atoms. The molecule has 0 aliphatic carbocycles. The van der Waals surface area contributed by atoms with Crippen LogP contribution in [0.2, 0.25) is 0 Å². The lowest BCUT2D eigenvalue weighted by atomic mass is 10.4. The standard InChI is InChI=1S/C12H18N4O2S2/c1-9(2)13-7-10-6-11(8-19-10)20(17,18)15-12-4-5-16(3)14-12/h4-6,8-9,13H,7H2,1-3H3,(H,14,15). The van der Waals surface area contributed by atoms with Gasteiger partial charge in [0.1, 0.15) is 0 Å². The van der Waals surface area contributed by atoms with E-state index in [4.69, 9.17) is 0 Å². The van der Waals surface area contributed by atoms with Crippen molar-refractivity contribution in [2.75, 3.05) is 4.72 Å². The number of nitrogens with zero attached hydrogens (tertiary/aromatic N) is 2. The van der Waals surface area contributed by atoms with Gasteiger partial charge in [-0.1, -0.05) is 13.8 Å². The summed E-state index contributed by atoms with van der Waals surface area (Å²) in [5, 5.41) is 8.91. The van der Waals surface area contributed by atoms with Crippen LogP contribution >= 0.6 is 11.3 Å². The summed E-state index contributed by atoms with van der Waals surface area (Å²) in [5.41, 5.74) is 0. The van der Waals surface area contributed by atoms with E-state index in [0.29, 0.717) is 18.4 Å². The molecule has 0 saturated carbocycles. The summed E-state index contributed by atoms with van der Waals surface area (Å²) < 4.78 is 28.4. The van der Waals surface area contributed by atoms with E-state index in [2.05, 4.69) is 15.1 Å². The van der Waals surface area contributed by atoms with E-state index < -0.39 is 10.0 Å². The third kappa shape index (κ3) is 3.81. The fraction of sp³-hybridized carbons (Fsp3) is 0.417. The number of aryl methyl sites for hydroxylation is 1. The Bertz CT molecular complexity index is 673. The van der Waals surface area contributed by atoms with E-state index in [-0.39, 0.29) is 4.90 Å². The van der Waals surface area contributed by atoms with Gasteiger partial charge in [-0.25, -0.2) is 8.42 Å². The second-order valence-corrected chi connectivity index (χ2v) is 7.44. The molecule has 2 N–H and O–H groups in total. The fourth-order valence-corrected chi connectivity index (χ4v) is 3.79. The van der Waals surface area contributed by atoms with Crippen LogP contribution in [0.15, 0.2) is 28.6 Å². The normalized spacial score (nSPS) is 12.0. The molecule has 0 radical (unpaired) electrons. The smallest absolute Gasteiger partial charge is 0.263 e. The first-order valence-electron chi connectivity index (χ1n) is 6.20. The molecule has 2 rings (SSSR count). The average Bonchev–Trinajstić information content (AvgIpc) is 2.95. The van der Waals surface area contributed by atoms with Crippen molar-refractivity contribution in [2.45, 2.75) is 31.3 Å². The second-order valence-electron chi connectivity index (χ2n) is 4.76. The second kappa shape index (κ2) is 5.94. The highest BCUT2D eigenvalue weighted by molar-refractivity contribution is 7.92. The Balaban J connectivity index is 2.09. The number of hydrogen-bond donors (Lipinski definition) is 2. The number of anilines is 1. The number of sulfonamides is 1. The zero-order valence-corrected chi connectivity index (χ0v) is 13.3. The van der Waals surface area contributed by atoms with Crippen LogP contribution in [-0.4, -0.2) is 24.2 Å². The van der Waals surface area contributed by atoms with Gasteiger partial charge in [0.05, 0.1) is 4.90 Å². The van der Waals surface area contributed by atoms with Crippen LogP contribution in [0, 0.1) is 0 Å². The fourth-order valence-electron chi connectivity index (χ4n) is 1.56. The number of thiophene rings is 1. The van der Waals surface area contributed by atoms with Crippen molar-refractivity contribution in [2.24, 2.45) is 7.05 Å². The SMILES string of the molecule is CC(C)NCc1cc(S(=O)(=O)Nc2ccn(C)n2)cs1. The third-order valence-corrected chi connectivity index (χ3v) is 5.00. The van der Waals surface area contributed by atoms with Gasteiger partial charge in [0.25, 0.3) is 10.0 Å². The van der Waals surface area contributed by atoms with Crippen molar-refractivity contribution in [3.05, 3.63) is 28.6 Å². The minimum atomic E-state index is -3.56. The lowest BCUT2D eigenvalue weighted by molar-refractivity contribution is 0.592. The summed E-state index contributed by atoms with van der Waals surface area (Å²) >= 11 is 1.43. The Labute approximate surface area is 122 Å². The first-order valence-corrected chi connectivity index (χ1v) is 8.56. The number of nitrogens with one attached hydrogen (secondary N) is 2. The Morgan fingerprint density at radius 1 is 1.45 bits per heavy atom. The molecule has 2 aromatic heterocycles. The molecule has 6 nitrogen and oxygen atoms in total. The Hall–Kier alpha value is -1.38. The number of rotatable bonds is 6. The highest BCUT2D eigenvalue weighted by atomic mass is 32.2. The molecule has 110 valence electrons. The van der Waals surface area contributed by atoms with Gasteiger partial charge in [-0.3, -0.25) is 9.40 Å². The molecule has 0 amide bonds. The van der Waals surface area contributed by atoms with Crippen molar-refractivity contribution in [1.29, 1.82) is 0 Å². The van der Waals surface area contributed by atoms with E-state index >= 15 is 0 Å². The predicted octanol–water partition coefficient (Wildman–Crippen LogP) is 1.78. The largest absolute Gasteiger partial charge is 0.310 e. The van der Waals surface area contributed by atoms with Crippen LogP contribution in [0.4, 0.5) is 5.82 Å². The molecule has 20 heavy (non-hydrogen) atoms. The van der Waals surface area contributed by atoms with Gasteiger partial charge >= 0.3 is 0 Å². The van der Waals surface area contributed by atoms with Gasteiger partial charge in [0.15, 0.2) is 5.82 Å². The van der Waals surface area contributed by atoms with Gasteiger partial charge in [-0.2, -0.15) is 5.10 Å². The van der Waals surface area contributed by atoms with E-state index in [1.54, 1.807) is 35.4 Å². The molecular formula is C12H18N4O2S2. The van der Waals surface area contributed by atoms with Gasteiger partial charge in [-0.15, -0.1) is 11.3 Å². The van der Waals surface area contributed by atoms with Crippen molar-refractivity contribution >= 4 is 27.2 Å². The molecule has 2 heterocycles. The maximum Gasteiger partial charge on any atom is 0.263 e. The van der Waals surface area contributed by atoms with Crippen LogP contribution in [0.3, 0.4) is 0 Å². The van der Waals surface area contributed by atoms with Crippen molar-refractivity contribution < 1.29 is 8.42 Å². The average molecular weight is 314 g/mol. The summed E-state index contributed by atoms with van der Waals surface area (Å²) in [4.78, 5) is 1.26. The van der Waals surface area contributed by atoms with E-state index in [1.165, 1.54) is 11.3 Å². The van der Waals surface area contributed by atoms with Crippen molar-refractivity contribution in [3.63, 3.8) is 0 Å². The van der Waals surface area contributed by atoms with E-state index in [9.17, 15) is 8.42 Å². The summed E-state index contributed by atoms with van der Waals surface area (Å²) in [6.07, 6.45) is 1.68. The Morgan fingerprint density at radius 2 is 2.20 bits per heavy atom. The zero-order valence-electron chi connectivity index (χ0n) is 11.6. The van der Waals surface area contributed by atoms with Crippen LogP contribution in [0.1, 0.15) is 18.7 Å².